The van der Waals surface area contributed by atoms with Gasteiger partial charge in [0.05, 0.1) is 12.6 Å². The fraction of sp³-hybridized carbons (Fsp3) is 0.875. The number of piperazine rings is 1. The summed E-state index contributed by atoms with van der Waals surface area (Å²) < 4.78 is 0. The van der Waals surface area contributed by atoms with E-state index in [1.54, 1.807) is 11.8 Å². The average molecular weight is 383 g/mol. The zero-order valence-corrected chi connectivity index (χ0v) is 16.3. The Kier molecular flexibility index (Phi) is 10.9. The van der Waals surface area contributed by atoms with Crippen LogP contribution < -0.4 is 11.1 Å². The SMILES string of the molecule is CC1CCC(NC(=O)CN2CCN(C(=O)[C@@H](C)N)CC2)CC1.Cl.Cl. The van der Waals surface area contributed by atoms with Crippen LogP contribution in [0.2, 0.25) is 0 Å². The molecular formula is C16H32Cl2N4O2. The Morgan fingerprint density at radius 3 is 2.12 bits per heavy atom. The molecule has 0 radical (unpaired) electrons. The van der Waals surface area contributed by atoms with Crippen LogP contribution in [0.15, 0.2) is 0 Å². The molecule has 1 heterocycles. The minimum Gasteiger partial charge on any atom is -0.352 e. The molecule has 6 nitrogen and oxygen atoms in total. The van der Waals surface area contributed by atoms with Crippen LogP contribution >= 0.6 is 24.8 Å². The molecule has 0 bridgehead atoms. The van der Waals surface area contributed by atoms with E-state index in [1.165, 1.54) is 12.8 Å². The van der Waals surface area contributed by atoms with Crippen molar-refractivity contribution in [1.82, 2.24) is 15.1 Å². The second-order valence-corrected chi connectivity index (χ2v) is 6.91. The minimum atomic E-state index is -0.441. The van der Waals surface area contributed by atoms with Gasteiger partial charge >= 0.3 is 0 Å². The molecule has 2 aliphatic rings. The van der Waals surface area contributed by atoms with E-state index in [2.05, 4.69) is 17.1 Å². The summed E-state index contributed by atoms with van der Waals surface area (Å²) in [7, 11) is 0. The van der Waals surface area contributed by atoms with Crippen LogP contribution in [-0.2, 0) is 9.59 Å². The van der Waals surface area contributed by atoms with E-state index in [9.17, 15) is 9.59 Å². The third kappa shape index (κ3) is 7.13. The van der Waals surface area contributed by atoms with Crippen LogP contribution in [0.1, 0.15) is 39.5 Å². The van der Waals surface area contributed by atoms with Crippen molar-refractivity contribution >= 4 is 36.6 Å². The standard InChI is InChI=1S/C16H30N4O2.2ClH/c1-12-3-5-14(6-4-12)18-15(21)11-19-7-9-20(10-8-19)16(22)13(2)17;;/h12-14H,3-11,17H2,1-2H3,(H,18,21);2*1H/t12?,13-,14?;;/m1../s1. The molecule has 24 heavy (non-hydrogen) atoms. The summed E-state index contributed by atoms with van der Waals surface area (Å²) in [4.78, 5) is 27.9. The molecule has 0 aromatic rings. The average Bonchev–Trinajstić information content (AvgIpc) is 2.49. The molecule has 0 spiro atoms. The number of hydrogen-bond acceptors (Lipinski definition) is 4. The van der Waals surface area contributed by atoms with Crippen molar-refractivity contribution in [2.24, 2.45) is 11.7 Å². The molecule has 1 aliphatic heterocycles. The van der Waals surface area contributed by atoms with Crippen molar-refractivity contribution in [3.8, 4) is 0 Å². The first-order valence-corrected chi connectivity index (χ1v) is 8.51. The molecule has 1 atom stereocenters. The lowest BCUT2D eigenvalue weighted by molar-refractivity contribution is -0.134. The molecule has 2 rings (SSSR count). The molecule has 8 heteroatoms. The highest BCUT2D eigenvalue weighted by Gasteiger charge is 2.25. The van der Waals surface area contributed by atoms with E-state index in [-0.39, 0.29) is 36.6 Å². The molecule has 142 valence electrons. The number of halogens is 2. The van der Waals surface area contributed by atoms with Crippen LogP contribution in [0.3, 0.4) is 0 Å². The van der Waals surface area contributed by atoms with Crippen molar-refractivity contribution in [1.29, 1.82) is 0 Å². The van der Waals surface area contributed by atoms with Gasteiger partial charge in [-0.15, -0.1) is 24.8 Å². The van der Waals surface area contributed by atoms with Gasteiger partial charge in [-0.25, -0.2) is 0 Å². The summed E-state index contributed by atoms with van der Waals surface area (Å²) in [5, 5.41) is 3.16. The highest BCUT2D eigenvalue weighted by atomic mass is 35.5. The molecule has 3 N–H and O–H groups in total. The molecule has 2 fully saturated rings. The maximum absolute atomic E-state index is 12.1. The lowest BCUT2D eigenvalue weighted by Crippen LogP contribution is -2.54. The van der Waals surface area contributed by atoms with E-state index in [0.717, 1.165) is 31.8 Å². The smallest absolute Gasteiger partial charge is 0.239 e. The molecule has 1 aliphatic carbocycles. The second kappa shape index (κ2) is 11.1. The van der Waals surface area contributed by atoms with Crippen molar-refractivity contribution in [3.05, 3.63) is 0 Å². The van der Waals surface area contributed by atoms with Gasteiger partial charge in [0, 0.05) is 32.2 Å². The largest absolute Gasteiger partial charge is 0.352 e. The first-order valence-electron chi connectivity index (χ1n) is 8.51. The molecule has 1 saturated heterocycles. The molecule has 2 amide bonds. The van der Waals surface area contributed by atoms with E-state index in [4.69, 9.17) is 5.73 Å². The number of nitrogens with two attached hydrogens (primary N) is 1. The Bertz CT molecular complexity index is 394. The van der Waals surface area contributed by atoms with Gasteiger partial charge in [0.2, 0.25) is 11.8 Å². The molecule has 1 saturated carbocycles. The Labute approximate surface area is 157 Å². The second-order valence-electron chi connectivity index (χ2n) is 6.91. The summed E-state index contributed by atoms with van der Waals surface area (Å²) in [6, 6.07) is -0.0896. The minimum absolute atomic E-state index is 0. The van der Waals surface area contributed by atoms with Crippen LogP contribution in [0.5, 0.6) is 0 Å². The van der Waals surface area contributed by atoms with E-state index in [0.29, 0.717) is 25.7 Å². The lowest BCUT2D eigenvalue weighted by atomic mass is 9.87. The zero-order valence-electron chi connectivity index (χ0n) is 14.7. The predicted molar refractivity (Wildman–Crippen MR) is 101 cm³/mol. The molecule has 0 aromatic heterocycles. The summed E-state index contributed by atoms with van der Waals surface area (Å²) in [5.41, 5.74) is 5.63. The van der Waals surface area contributed by atoms with Gasteiger partial charge in [0.25, 0.3) is 0 Å². The number of carbonyl (C=O) groups excluding carboxylic acids is 2. The van der Waals surface area contributed by atoms with E-state index in [1.807, 2.05) is 0 Å². The highest BCUT2D eigenvalue weighted by Crippen LogP contribution is 2.23. The van der Waals surface area contributed by atoms with Gasteiger partial charge in [0.15, 0.2) is 0 Å². The first-order chi connectivity index (χ1) is 10.5. The highest BCUT2D eigenvalue weighted by molar-refractivity contribution is 5.85. The van der Waals surface area contributed by atoms with Crippen LogP contribution in [-0.4, -0.2) is 66.4 Å². The van der Waals surface area contributed by atoms with Crippen molar-refractivity contribution in [3.63, 3.8) is 0 Å². The lowest BCUT2D eigenvalue weighted by Gasteiger charge is -2.35. The number of hydrogen-bond donors (Lipinski definition) is 2. The van der Waals surface area contributed by atoms with Gasteiger partial charge in [-0.05, 0) is 38.5 Å². The number of carbonyl (C=O) groups is 2. The monoisotopic (exact) mass is 382 g/mol. The van der Waals surface area contributed by atoms with Gasteiger partial charge in [-0.3, -0.25) is 14.5 Å². The maximum atomic E-state index is 12.1. The third-order valence-corrected chi connectivity index (χ3v) is 4.82. The fourth-order valence-corrected chi connectivity index (χ4v) is 3.30. The van der Waals surface area contributed by atoms with Gasteiger partial charge in [0.1, 0.15) is 0 Å². The Morgan fingerprint density at radius 1 is 1.08 bits per heavy atom. The quantitative estimate of drug-likeness (QED) is 0.760. The summed E-state index contributed by atoms with van der Waals surface area (Å²) in [5.74, 6) is 0.913. The summed E-state index contributed by atoms with van der Waals surface area (Å²) in [6.07, 6.45) is 4.62. The van der Waals surface area contributed by atoms with E-state index >= 15 is 0 Å². The molecular weight excluding hydrogens is 351 g/mol. The maximum Gasteiger partial charge on any atom is 0.239 e. The Balaban J connectivity index is 0.00000264. The number of nitrogens with zero attached hydrogens (tertiary/aromatic N) is 2. The predicted octanol–water partition coefficient (Wildman–Crippen LogP) is 1.02. The van der Waals surface area contributed by atoms with Crippen molar-refractivity contribution in [2.75, 3.05) is 32.7 Å². The topological polar surface area (TPSA) is 78.7 Å². The zero-order chi connectivity index (χ0) is 16.1. The van der Waals surface area contributed by atoms with Crippen molar-refractivity contribution < 1.29 is 9.59 Å². The van der Waals surface area contributed by atoms with Gasteiger partial charge in [-0.2, -0.15) is 0 Å². The van der Waals surface area contributed by atoms with Crippen molar-refractivity contribution in [2.45, 2.75) is 51.6 Å². The molecule has 0 aromatic carbocycles. The number of nitrogens with one attached hydrogen (secondary N) is 1. The fourth-order valence-electron chi connectivity index (χ4n) is 3.30. The van der Waals surface area contributed by atoms with Crippen LogP contribution in [0.4, 0.5) is 0 Å². The molecule has 0 unspecified atom stereocenters. The Hall–Kier alpha value is -0.560. The third-order valence-electron chi connectivity index (χ3n) is 4.82. The summed E-state index contributed by atoms with van der Waals surface area (Å²) in [6.45, 7) is 7.24. The Morgan fingerprint density at radius 2 is 1.62 bits per heavy atom. The van der Waals surface area contributed by atoms with Crippen LogP contribution in [0, 0.1) is 5.92 Å². The van der Waals surface area contributed by atoms with Crippen LogP contribution in [0.25, 0.3) is 0 Å². The van der Waals surface area contributed by atoms with Gasteiger partial charge in [-0.1, -0.05) is 6.92 Å². The first kappa shape index (κ1) is 23.4. The summed E-state index contributed by atoms with van der Waals surface area (Å²) >= 11 is 0. The number of amides is 2. The van der Waals surface area contributed by atoms with E-state index < -0.39 is 6.04 Å². The normalized spacial score (nSPS) is 25.9. The number of rotatable bonds is 4. The van der Waals surface area contributed by atoms with Gasteiger partial charge < -0.3 is 16.0 Å².